The molecular formula is C16H15ClN2S. The van der Waals surface area contributed by atoms with Crippen molar-refractivity contribution in [3.05, 3.63) is 70.7 Å². The van der Waals surface area contributed by atoms with E-state index >= 15 is 0 Å². The van der Waals surface area contributed by atoms with E-state index in [1.54, 1.807) is 11.8 Å². The molecule has 0 radical (unpaired) electrons. The molecule has 1 unspecified atom stereocenters. The molecule has 0 spiro atoms. The van der Waals surface area contributed by atoms with Crippen molar-refractivity contribution < 1.29 is 0 Å². The number of nitrogens with two attached hydrogens (primary N) is 1. The predicted molar refractivity (Wildman–Crippen MR) is 85.5 cm³/mol. The Morgan fingerprint density at radius 2 is 1.75 bits per heavy atom. The molecule has 0 fully saturated rings. The van der Waals surface area contributed by atoms with Gasteiger partial charge in [0.25, 0.3) is 0 Å². The van der Waals surface area contributed by atoms with Crippen molar-refractivity contribution in [3.63, 3.8) is 0 Å². The first-order chi connectivity index (χ1) is 9.65. The van der Waals surface area contributed by atoms with Crippen LogP contribution >= 0.6 is 23.4 Å². The second-order valence-electron chi connectivity index (χ2n) is 4.53. The molecule has 1 atom stereocenters. The third kappa shape index (κ3) is 3.55. The molecule has 2 rings (SSSR count). The van der Waals surface area contributed by atoms with E-state index in [4.69, 9.17) is 17.3 Å². The Labute approximate surface area is 128 Å². The van der Waals surface area contributed by atoms with Crippen molar-refractivity contribution in [1.29, 1.82) is 5.26 Å². The summed E-state index contributed by atoms with van der Waals surface area (Å²) >= 11 is 7.73. The van der Waals surface area contributed by atoms with Gasteiger partial charge < -0.3 is 5.73 Å². The summed E-state index contributed by atoms with van der Waals surface area (Å²) in [6, 6.07) is 19.4. The summed E-state index contributed by atoms with van der Waals surface area (Å²) in [6.45, 7) is 0. The molecule has 0 aromatic heterocycles. The zero-order chi connectivity index (χ0) is 14.4. The number of thioether (sulfide) groups is 1. The van der Waals surface area contributed by atoms with Crippen LogP contribution < -0.4 is 5.73 Å². The van der Waals surface area contributed by atoms with Crippen LogP contribution in [0.3, 0.4) is 0 Å². The number of halogens is 1. The van der Waals surface area contributed by atoms with Crippen molar-refractivity contribution in [2.75, 3.05) is 5.75 Å². The van der Waals surface area contributed by atoms with Crippen molar-refractivity contribution in [3.8, 4) is 6.07 Å². The smallest absolute Gasteiger partial charge is 0.138 e. The molecule has 0 saturated heterocycles. The minimum Gasteiger partial charge on any atom is -0.309 e. The van der Waals surface area contributed by atoms with Gasteiger partial charge in [0, 0.05) is 16.5 Å². The molecule has 0 bridgehead atoms. The molecule has 4 heteroatoms. The van der Waals surface area contributed by atoms with Crippen LogP contribution in [0.2, 0.25) is 5.02 Å². The number of hydrogen-bond acceptors (Lipinski definition) is 3. The standard InChI is InChI=1S/C16H15ClN2S/c17-15-9-5-4-6-13(15)10-20-12-16(19,11-18)14-7-2-1-3-8-14/h1-9H,10,12,19H2. The number of rotatable bonds is 5. The monoisotopic (exact) mass is 302 g/mol. The molecule has 0 amide bonds. The molecule has 0 aliphatic carbocycles. The van der Waals surface area contributed by atoms with Gasteiger partial charge in [0.05, 0.1) is 6.07 Å². The maximum absolute atomic E-state index is 9.38. The fourth-order valence-corrected chi connectivity index (χ4v) is 3.26. The SMILES string of the molecule is N#CC(N)(CSCc1ccccc1Cl)c1ccccc1. The highest BCUT2D eigenvalue weighted by atomic mass is 35.5. The summed E-state index contributed by atoms with van der Waals surface area (Å²) in [5, 5.41) is 10.1. The van der Waals surface area contributed by atoms with Crippen LogP contribution in [-0.2, 0) is 11.3 Å². The lowest BCUT2D eigenvalue weighted by Crippen LogP contribution is -2.37. The first-order valence-corrected chi connectivity index (χ1v) is 7.76. The lowest BCUT2D eigenvalue weighted by atomic mass is 9.95. The zero-order valence-electron chi connectivity index (χ0n) is 10.9. The molecule has 102 valence electrons. The zero-order valence-corrected chi connectivity index (χ0v) is 12.5. The lowest BCUT2D eigenvalue weighted by Gasteiger charge is -2.21. The van der Waals surface area contributed by atoms with Gasteiger partial charge in [-0.2, -0.15) is 17.0 Å². The van der Waals surface area contributed by atoms with Gasteiger partial charge in [0.2, 0.25) is 0 Å². The Kier molecular flexibility index (Phi) is 5.08. The molecule has 0 aliphatic heterocycles. The van der Waals surface area contributed by atoms with Crippen LogP contribution in [-0.4, -0.2) is 5.75 Å². The van der Waals surface area contributed by atoms with E-state index in [0.29, 0.717) is 5.75 Å². The third-order valence-corrected chi connectivity index (χ3v) is 4.58. The van der Waals surface area contributed by atoms with Crippen molar-refractivity contribution in [2.24, 2.45) is 5.73 Å². The minimum absolute atomic E-state index is 0.527. The third-order valence-electron chi connectivity index (χ3n) is 3.03. The molecule has 2 aromatic carbocycles. The average Bonchev–Trinajstić information content (AvgIpc) is 2.50. The quantitative estimate of drug-likeness (QED) is 0.909. The van der Waals surface area contributed by atoms with E-state index in [1.807, 2.05) is 54.6 Å². The molecule has 0 heterocycles. The van der Waals surface area contributed by atoms with Crippen LogP contribution in [0.4, 0.5) is 0 Å². The Morgan fingerprint density at radius 3 is 2.40 bits per heavy atom. The Balaban J connectivity index is 2.02. The summed E-state index contributed by atoms with van der Waals surface area (Å²) in [6.07, 6.45) is 0. The highest BCUT2D eigenvalue weighted by molar-refractivity contribution is 7.98. The first-order valence-electron chi connectivity index (χ1n) is 6.22. The average molecular weight is 303 g/mol. The van der Waals surface area contributed by atoms with E-state index in [9.17, 15) is 5.26 Å². The second kappa shape index (κ2) is 6.81. The molecule has 0 aliphatic rings. The topological polar surface area (TPSA) is 49.8 Å². The number of benzene rings is 2. The fraction of sp³-hybridized carbons (Fsp3) is 0.188. The highest BCUT2D eigenvalue weighted by Gasteiger charge is 2.26. The van der Waals surface area contributed by atoms with Crippen molar-refractivity contribution in [1.82, 2.24) is 0 Å². The van der Waals surface area contributed by atoms with Gasteiger partial charge in [-0.05, 0) is 17.2 Å². The molecule has 20 heavy (non-hydrogen) atoms. The normalized spacial score (nSPS) is 13.4. The summed E-state index contributed by atoms with van der Waals surface area (Å²) in [7, 11) is 0. The number of nitriles is 1. The molecule has 2 nitrogen and oxygen atoms in total. The highest BCUT2D eigenvalue weighted by Crippen LogP contribution is 2.26. The van der Waals surface area contributed by atoms with Gasteiger partial charge in [0.1, 0.15) is 5.54 Å². The van der Waals surface area contributed by atoms with Crippen molar-refractivity contribution >= 4 is 23.4 Å². The van der Waals surface area contributed by atoms with Crippen LogP contribution in [0.5, 0.6) is 0 Å². The molecule has 0 saturated carbocycles. The van der Waals surface area contributed by atoms with Gasteiger partial charge in [-0.25, -0.2) is 0 Å². The molecular weight excluding hydrogens is 288 g/mol. The minimum atomic E-state index is -0.965. The van der Waals surface area contributed by atoms with E-state index in [2.05, 4.69) is 6.07 Å². The van der Waals surface area contributed by atoms with Gasteiger partial charge >= 0.3 is 0 Å². The van der Waals surface area contributed by atoms with Gasteiger partial charge in [0.15, 0.2) is 0 Å². The van der Waals surface area contributed by atoms with E-state index in [0.717, 1.165) is 21.9 Å². The fourth-order valence-electron chi connectivity index (χ4n) is 1.85. The summed E-state index contributed by atoms with van der Waals surface area (Å²) in [4.78, 5) is 0. The molecule has 2 N–H and O–H groups in total. The van der Waals surface area contributed by atoms with Crippen LogP contribution in [0, 0.1) is 11.3 Å². The van der Waals surface area contributed by atoms with E-state index in [1.165, 1.54) is 0 Å². The number of hydrogen-bond donors (Lipinski definition) is 1. The Morgan fingerprint density at radius 1 is 1.10 bits per heavy atom. The van der Waals surface area contributed by atoms with Crippen molar-refractivity contribution in [2.45, 2.75) is 11.3 Å². The Bertz CT molecular complexity index is 609. The van der Waals surface area contributed by atoms with Crippen LogP contribution in [0.15, 0.2) is 54.6 Å². The molecule has 2 aromatic rings. The maximum Gasteiger partial charge on any atom is 0.138 e. The van der Waals surface area contributed by atoms with Crippen LogP contribution in [0.1, 0.15) is 11.1 Å². The Hall–Kier alpha value is -1.47. The van der Waals surface area contributed by atoms with Gasteiger partial charge in [-0.1, -0.05) is 60.1 Å². The number of nitrogens with zero attached hydrogens (tertiary/aromatic N) is 1. The largest absolute Gasteiger partial charge is 0.309 e. The maximum atomic E-state index is 9.38. The summed E-state index contributed by atoms with van der Waals surface area (Å²) in [5.41, 5.74) is 7.15. The van der Waals surface area contributed by atoms with Gasteiger partial charge in [-0.15, -0.1) is 0 Å². The van der Waals surface area contributed by atoms with E-state index in [-0.39, 0.29) is 0 Å². The van der Waals surface area contributed by atoms with Gasteiger partial charge in [-0.3, -0.25) is 0 Å². The van der Waals surface area contributed by atoms with Crippen LogP contribution in [0.25, 0.3) is 0 Å². The van der Waals surface area contributed by atoms with E-state index < -0.39 is 5.54 Å². The summed E-state index contributed by atoms with van der Waals surface area (Å²) < 4.78 is 0. The lowest BCUT2D eigenvalue weighted by molar-refractivity contribution is 0.659. The first kappa shape index (κ1) is 14.9. The predicted octanol–water partition coefficient (Wildman–Crippen LogP) is 3.95. The summed E-state index contributed by atoms with van der Waals surface area (Å²) in [5.74, 6) is 1.27. The second-order valence-corrected chi connectivity index (χ2v) is 5.93.